The highest BCUT2D eigenvalue weighted by atomic mass is 16.3. The van der Waals surface area contributed by atoms with E-state index in [-0.39, 0.29) is 0 Å². The van der Waals surface area contributed by atoms with E-state index in [2.05, 4.69) is 109 Å². The minimum absolute atomic E-state index is 0.625. The molecule has 0 saturated carbocycles. The second-order valence-electron chi connectivity index (χ2n) is 13.8. The van der Waals surface area contributed by atoms with Crippen molar-refractivity contribution in [2.24, 2.45) is 0 Å². The van der Waals surface area contributed by atoms with Crippen molar-refractivity contribution >= 4 is 54.4 Å². The predicted octanol–water partition coefficient (Wildman–Crippen LogP) is 13.0. The highest BCUT2D eigenvalue weighted by molar-refractivity contribution is 6.23. The predicted molar refractivity (Wildman–Crippen MR) is 225 cm³/mol. The van der Waals surface area contributed by atoms with Gasteiger partial charge < -0.3 is 4.42 Å². The summed E-state index contributed by atoms with van der Waals surface area (Å²) in [5.41, 5.74) is 9.51. The van der Waals surface area contributed by atoms with Gasteiger partial charge in [-0.2, -0.15) is 0 Å². The highest BCUT2D eigenvalue weighted by Gasteiger charge is 2.21. The van der Waals surface area contributed by atoms with Crippen molar-refractivity contribution in [3.63, 3.8) is 0 Å². The second-order valence-corrected chi connectivity index (χ2v) is 13.8. The number of benzene rings is 8. The summed E-state index contributed by atoms with van der Waals surface area (Å²) >= 11 is 0. The lowest BCUT2D eigenvalue weighted by Gasteiger charge is -2.13. The second kappa shape index (κ2) is 12.6. The molecule has 8 aromatic carbocycles. The molecule has 5 nitrogen and oxygen atoms in total. The summed E-state index contributed by atoms with van der Waals surface area (Å²) < 4.78 is 6.73. The van der Waals surface area contributed by atoms with Gasteiger partial charge in [0.2, 0.25) is 0 Å². The Labute approximate surface area is 316 Å². The van der Waals surface area contributed by atoms with Gasteiger partial charge in [-0.3, -0.25) is 0 Å². The molecule has 3 heterocycles. The van der Waals surface area contributed by atoms with Gasteiger partial charge in [-0.1, -0.05) is 158 Å². The molecule has 55 heavy (non-hydrogen) atoms. The number of rotatable bonds is 5. The molecule has 0 fully saturated rings. The Hall–Kier alpha value is -7.50. The molecule has 0 atom stereocenters. The molecule has 3 aromatic heterocycles. The molecule has 0 spiro atoms. The first-order valence-corrected chi connectivity index (χ1v) is 18.4. The maximum absolute atomic E-state index is 6.73. The smallest absolute Gasteiger partial charge is 0.164 e. The summed E-state index contributed by atoms with van der Waals surface area (Å²) in [6.45, 7) is 0. The van der Waals surface area contributed by atoms with E-state index in [1.54, 1.807) is 0 Å². The van der Waals surface area contributed by atoms with Crippen molar-refractivity contribution in [3.05, 3.63) is 182 Å². The van der Waals surface area contributed by atoms with Crippen LogP contribution < -0.4 is 0 Å². The van der Waals surface area contributed by atoms with Gasteiger partial charge in [0.05, 0.1) is 16.6 Å². The Bertz CT molecular complexity index is 3190. The van der Waals surface area contributed by atoms with Gasteiger partial charge in [0, 0.05) is 33.0 Å². The van der Waals surface area contributed by atoms with Crippen LogP contribution in [0.4, 0.5) is 0 Å². The van der Waals surface area contributed by atoms with Crippen molar-refractivity contribution < 1.29 is 4.42 Å². The van der Waals surface area contributed by atoms with E-state index in [1.807, 2.05) is 72.8 Å². The zero-order valence-corrected chi connectivity index (χ0v) is 29.5. The number of aromatic nitrogens is 4. The van der Waals surface area contributed by atoms with Gasteiger partial charge in [-0.05, 0) is 56.9 Å². The van der Waals surface area contributed by atoms with E-state index < -0.39 is 0 Å². The average Bonchev–Trinajstić information content (AvgIpc) is 3.66. The van der Waals surface area contributed by atoms with Crippen LogP contribution in [0.1, 0.15) is 0 Å². The number of furan rings is 1. The molecular weight excluding hydrogens is 673 g/mol. The van der Waals surface area contributed by atoms with E-state index in [4.69, 9.17) is 24.4 Å². The number of pyridine rings is 1. The van der Waals surface area contributed by atoms with Gasteiger partial charge >= 0.3 is 0 Å². The SMILES string of the molecule is c1ccc(-c2nc(-c3ccccc3)nc(-c3ccc(-c4ccc5nc(-c6cc7ccccc7c7ccccc67)c6c7ccccc7oc6c5c4)cc3)n2)cc1. The maximum Gasteiger partial charge on any atom is 0.164 e. The molecule has 0 amide bonds. The quantitative estimate of drug-likeness (QED) is 0.167. The van der Waals surface area contributed by atoms with Crippen molar-refractivity contribution in [1.82, 2.24) is 19.9 Å². The largest absolute Gasteiger partial charge is 0.455 e. The molecule has 11 aromatic rings. The first-order chi connectivity index (χ1) is 27.2. The van der Waals surface area contributed by atoms with Crippen molar-refractivity contribution in [2.75, 3.05) is 0 Å². The molecule has 5 heteroatoms. The fraction of sp³-hybridized carbons (Fsp3) is 0. The molecule has 0 aliphatic carbocycles. The number of nitrogens with zero attached hydrogens (tertiary/aromatic N) is 4. The molecular formula is C50H30N4O. The van der Waals surface area contributed by atoms with Crippen LogP contribution in [0.2, 0.25) is 0 Å². The standard InChI is InChI=1S/C50H30N4O/c1-3-13-32(14-4-1)48-52-49(33-15-5-2-6-16-33)54-50(53-48)34-25-23-31(24-26-34)35-27-28-43-42(29-35)47-45(40-21-11-12-22-44(40)55-47)46(51-43)41-30-36-17-7-8-18-37(36)38-19-9-10-20-39(38)41/h1-30H. The summed E-state index contributed by atoms with van der Waals surface area (Å²) in [4.78, 5) is 20.1. The number of hydrogen-bond donors (Lipinski definition) is 0. The topological polar surface area (TPSA) is 64.7 Å². The molecule has 0 aliphatic rings. The van der Waals surface area contributed by atoms with Crippen LogP contribution >= 0.6 is 0 Å². The molecule has 0 unspecified atom stereocenters. The zero-order valence-electron chi connectivity index (χ0n) is 29.5. The van der Waals surface area contributed by atoms with Crippen LogP contribution in [-0.2, 0) is 0 Å². The Morgan fingerprint density at radius 1 is 0.345 bits per heavy atom. The third-order valence-electron chi connectivity index (χ3n) is 10.5. The van der Waals surface area contributed by atoms with Crippen LogP contribution in [0.15, 0.2) is 186 Å². The van der Waals surface area contributed by atoms with Crippen LogP contribution in [-0.4, -0.2) is 19.9 Å². The molecule has 256 valence electrons. The fourth-order valence-electron chi connectivity index (χ4n) is 7.84. The Balaban J connectivity index is 1.05. The molecule has 0 N–H and O–H groups in total. The lowest BCUT2D eigenvalue weighted by molar-refractivity contribution is 0.672. The maximum atomic E-state index is 6.73. The summed E-state index contributed by atoms with van der Waals surface area (Å²) in [7, 11) is 0. The third kappa shape index (κ3) is 5.24. The molecule has 0 aliphatic heterocycles. The normalized spacial score (nSPS) is 11.6. The monoisotopic (exact) mass is 702 g/mol. The molecule has 0 saturated heterocycles. The zero-order chi connectivity index (χ0) is 36.3. The van der Waals surface area contributed by atoms with E-state index >= 15 is 0 Å². The summed E-state index contributed by atoms with van der Waals surface area (Å²) in [6, 6.07) is 62.7. The summed E-state index contributed by atoms with van der Waals surface area (Å²) in [6.07, 6.45) is 0. The summed E-state index contributed by atoms with van der Waals surface area (Å²) in [5.74, 6) is 1.91. The van der Waals surface area contributed by atoms with Crippen LogP contribution in [0.3, 0.4) is 0 Å². The number of fused-ring (bicyclic) bond motifs is 8. The van der Waals surface area contributed by atoms with Crippen molar-refractivity contribution in [1.29, 1.82) is 0 Å². The van der Waals surface area contributed by atoms with Crippen LogP contribution in [0, 0.1) is 0 Å². The number of hydrogen-bond acceptors (Lipinski definition) is 5. The first kappa shape index (κ1) is 31.1. The van der Waals surface area contributed by atoms with Crippen LogP contribution in [0.5, 0.6) is 0 Å². The Kier molecular flexibility index (Phi) is 7.10. The lowest BCUT2D eigenvalue weighted by Crippen LogP contribution is -2.00. The third-order valence-corrected chi connectivity index (χ3v) is 10.5. The molecule has 11 rings (SSSR count). The highest BCUT2D eigenvalue weighted by Crippen LogP contribution is 2.43. The Morgan fingerprint density at radius 2 is 0.873 bits per heavy atom. The van der Waals surface area contributed by atoms with E-state index in [0.29, 0.717) is 17.5 Å². The van der Waals surface area contributed by atoms with Gasteiger partial charge in [-0.25, -0.2) is 19.9 Å². The average molecular weight is 703 g/mol. The molecule has 0 radical (unpaired) electrons. The Morgan fingerprint density at radius 3 is 1.56 bits per heavy atom. The van der Waals surface area contributed by atoms with Gasteiger partial charge in [0.1, 0.15) is 11.2 Å². The minimum Gasteiger partial charge on any atom is -0.455 e. The van der Waals surface area contributed by atoms with E-state index in [0.717, 1.165) is 71.9 Å². The minimum atomic E-state index is 0.625. The molecule has 0 bridgehead atoms. The first-order valence-electron chi connectivity index (χ1n) is 18.4. The van der Waals surface area contributed by atoms with Crippen molar-refractivity contribution in [3.8, 4) is 56.5 Å². The van der Waals surface area contributed by atoms with Crippen LogP contribution in [0.25, 0.3) is 111 Å². The fourth-order valence-corrected chi connectivity index (χ4v) is 7.84. The lowest BCUT2D eigenvalue weighted by atomic mass is 9.93. The van der Waals surface area contributed by atoms with E-state index in [9.17, 15) is 0 Å². The van der Waals surface area contributed by atoms with Gasteiger partial charge in [0.15, 0.2) is 17.5 Å². The van der Waals surface area contributed by atoms with E-state index in [1.165, 1.54) is 21.5 Å². The van der Waals surface area contributed by atoms with Gasteiger partial charge in [-0.15, -0.1) is 0 Å². The van der Waals surface area contributed by atoms with Gasteiger partial charge in [0.25, 0.3) is 0 Å². The van der Waals surface area contributed by atoms with Crippen molar-refractivity contribution in [2.45, 2.75) is 0 Å². The summed E-state index contributed by atoms with van der Waals surface area (Å²) in [5, 5.41) is 7.84. The number of para-hydroxylation sites is 1.